The smallest absolute Gasteiger partial charge is 0.283 e. The monoisotopic (exact) mass is 431 g/mol. The van der Waals surface area contributed by atoms with Crippen LogP contribution in [0.4, 0.5) is 5.69 Å². The van der Waals surface area contributed by atoms with Crippen LogP contribution in [0.1, 0.15) is 47.8 Å². The minimum atomic E-state index is -0.388. The van der Waals surface area contributed by atoms with Crippen LogP contribution in [0.3, 0.4) is 0 Å². The van der Waals surface area contributed by atoms with Crippen molar-refractivity contribution in [2.45, 2.75) is 42.9 Å². The summed E-state index contributed by atoms with van der Waals surface area (Å²) in [5.41, 5.74) is 3.54. The number of nitro groups is 1. The number of rotatable bonds is 6. The summed E-state index contributed by atoms with van der Waals surface area (Å²) in [7, 11) is 0. The van der Waals surface area contributed by atoms with Crippen LogP contribution in [0.5, 0.6) is 0 Å². The molecule has 0 aliphatic rings. The molecule has 3 aromatic carbocycles. The first kappa shape index (κ1) is 22.5. The molecule has 158 valence electrons. The van der Waals surface area contributed by atoms with Crippen molar-refractivity contribution >= 4 is 29.3 Å². The Morgan fingerprint density at radius 2 is 1.61 bits per heavy atom. The lowest BCUT2D eigenvalue weighted by molar-refractivity contribution is -0.387. The van der Waals surface area contributed by atoms with Gasteiger partial charge in [0.1, 0.15) is 0 Å². The molecule has 0 saturated heterocycles. The van der Waals surface area contributed by atoms with Crippen LogP contribution in [0.2, 0.25) is 0 Å². The van der Waals surface area contributed by atoms with E-state index in [1.807, 2.05) is 55.5 Å². The molecule has 31 heavy (non-hydrogen) atoms. The standard InChI is InChI=1S/C26H25NO3S/c1-18-5-13-22(14-6-18)31-25-16-8-19(17-23(25)27(29)30)7-15-24(28)20-9-11-21(12-10-20)26(2,3)4/h5-17H,1-4H3. The van der Waals surface area contributed by atoms with Crippen molar-refractivity contribution in [1.82, 2.24) is 0 Å². The summed E-state index contributed by atoms with van der Waals surface area (Å²) in [5, 5.41) is 11.6. The van der Waals surface area contributed by atoms with E-state index >= 15 is 0 Å². The summed E-state index contributed by atoms with van der Waals surface area (Å²) >= 11 is 1.35. The van der Waals surface area contributed by atoms with Crippen LogP contribution in [0, 0.1) is 17.0 Å². The predicted octanol–water partition coefficient (Wildman–Crippen LogP) is 7.25. The summed E-state index contributed by atoms with van der Waals surface area (Å²) in [6.07, 6.45) is 3.07. The van der Waals surface area contributed by atoms with Gasteiger partial charge in [-0.1, -0.05) is 86.6 Å². The van der Waals surface area contributed by atoms with Crippen molar-refractivity contribution < 1.29 is 9.72 Å². The second-order valence-electron chi connectivity index (χ2n) is 8.42. The summed E-state index contributed by atoms with van der Waals surface area (Å²) < 4.78 is 0. The van der Waals surface area contributed by atoms with Crippen molar-refractivity contribution in [2.24, 2.45) is 0 Å². The number of carbonyl (C=O) groups is 1. The van der Waals surface area contributed by atoms with Crippen LogP contribution in [0.15, 0.2) is 82.6 Å². The van der Waals surface area contributed by atoms with Gasteiger partial charge in [-0.2, -0.15) is 0 Å². The number of nitrogens with zero attached hydrogens (tertiary/aromatic N) is 1. The van der Waals surface area contributed by atoms with E-state index in [4.69, 9.17) is 0 Å². The highest BCUT2D eigenvalue weighted by atomic mass is 32.2. The lowest BCUT2D eigenvalue weighted by atomic mass is 9.86. The first-order chi connectivity index (χ1) is 14.6. The topological polar surface area (TPSA) is 60.2 Å². The Morgan fingerprint density at radius 1 is 0.968 bits per heavy atom. The highest BCUT2D eigenvalue weighted by Crippen LogP contribution is 2.35. The zero-order valence-electron chi connectivity index (χ0n) is 18.1. The van der Waals surface area contributed by atoms with E-state index in [1.54, 1.807) is 18.2 Å². The molecule has 5 heteroatoms. The van der Waals surface area contributed by atoms with Gasteiger partial charge in [0.15, 0.2) is 5.78 Å². The number of hydrogen-bond donors (Lipinski definition) is 0. The molecule has 0 atom stereocenters. The van der Waals surface area contributed by atoms with Crippen LogP contribution in [-0.4, -0.2) is 10.7 Å². The normalized spacial score (nSPS) is 11.6. The predicted molar refractivity (Wildman–Crippen MR) is 127 cm³/mol. The van der Waals surface area contributed by atoms with E-state index in [1.165, 1.54) is 23.9 Å². The van der Waals surface area contributed by atoms with Gasteiger partial charge in [0.2, 0.25) is 0 Å². The number of allylic oxidation sites excluding steroid dienone is 1. The SMILES string of the molecule is Cc1ccc(Sc2ccc(C=CC(=O)c3ccc(C(C)(C)C)cc3)cc2[N+](=O)[O-])cc1. The molecule has 0 fully saturated rings. The van der Waals surface area contributed by atoms with E-state index < -0.39 is 0 Å². The summed E-state index contributed by atoms with van der Waals surface area (Å²) in [6.45, 7) is 8.37. The van der Waals surface area contributed by atoms with E-state index in [0.29, 0.717) is 16.0 Å². The zero-order valence-corrected chi connectivity index (χ0v) is 18.9. The molecule has 0 saturated carbocycles. The first-order valence-electron chi connectivity index (χ1n) is 9.99. The van der Waals surface area contributed by atoms with Crippen molar-refractivity contribution in [2.75, 3.05) is 0 Å². The van der Waals surface area contributed by atoms with Crippen LogP contribution in [0.25, 0.3) is 6.08 Å². The molecule has 0 aliphatic heterocycles. The Morgan fingerprint density at radius 3 is 2.19 bits per heavy atom. The van der Waals surface area contributed by atoms with Gasteiger partial charge in [0, 0.05) is 16.5 Å². The van der Waals surface area contributed by atoms with Crippen molar-refractivity contribution in [1.29, 1.82) is 0 Å². The van der Waals surface area contributed by atoms with Crippen molar-refractivity contribution in [3.63, 3.8) is 0 Å². The average molecular weight is 432 g/mol. The molecule has 0 amide bonds. The molecule has 0 spiro atoms. The molecule has 0 heterocycles. The molecule has 3 rings (SSSR count). The van der Waals surface area contributed by atoms with Gasteiger partial charge < -0.3 is 0 Å². The highest BCUT2D eigenvalue weighted by Gasteiger charge is 2.16. The molecule has 0 aromatic heterocycles. The third-order valence-corrected chi connectivity index (χ3v) is 5.96. The molecular formula is C26H25NO3S. The Hall–Kier alpha value is -3.18. The molecular weight excluding hydrogens is 406 g/mol. The van der Waals surface area contributed by atoms with E-state index in [9.17, 15) is 14.9 Å². The van der Waals surface area contributed by atoms with E-state index in [2.05, 4.69) is 20.8 Å². The largest absolute Gasteiger partial charge is 0.289 e. The maximum atomic E-state index is 12.5. The van der Waals surface area contributed by atoms with Gasteiger partial charge >= 0.3 is 0 Å². The number of ketones is 1. The fourth-order valence-corrected chi connectivity index (χ4v) is 3.90. The lowest BCUT2D eigenvalue weighted by Crippen LogP contribution is -2.11. The number of benzene rings is 3. The number of aryl methyl sites for hydroxylation is 1. The zero-order chi connectivity index (χ0) is 22.6. The van der Waals surface area contributed by atoms with E-state index in [0.717, 1.165) is 16.0 Å². The number of nitro benzene ring substituents is 1. The maximum Gasteiger partial charge on any atom is 0.283 e. The molecule has 3 aromatic rings. The first-order valence-corrected chi connectivity index (χ1v) is 10.8. The third-order valence-electron chi connectivity index (χ3n) is 4.89. The van der Waals surface area contributed by atoms with E-state index in [-0.39, 0.29) is 21.8 Å². The summed E-state index contributed by atoms with van der Waals surface area (Å²) in [5.74, 6) is -0.138. The second kappa shape index (κ2) is 9.31. The average Bonchev–Trinajstić information content (AvgIpc) is 2.73. The Labute approximate surface area is 187 Å². The fourth-order valence-electron chi connectivity index (χ4n) is 3.00. The molecule has 0 radical (unpaired) electrons. The highest BCUT2D eigenvalue weighted by molar-refractivity contribution is 7.99. The Kier molecular flexibility index (Phi) is 6.76. The maximum absolute atomic E-state index is 12.5. The van der Waals surface area contributed by atoms with Crippen LogP contribution >= 0.6 is 11.8 Å². The fraction of sp³-hybridized carbons (Fsp3) is 0.192. The number of hydrogen-bond acceptors (Lipinski definition) is 4. The van der Waals surface area contributed by atoms with Gasteiger partial charge in [-0.3, -0.25) is 14.9 Å². The van der Waals surface area contributed by atoms with Crippen molar-refractivity contribution in [3.8, 4) is 0 Å². The van der Waals surface area contributed by atoms with Crippen LogP contribution in [-0.2, 0) is 5.41 Å². The minimum Gasteiger partial charge on any atom is -0.289 e. The van der Waals surface area contributed by atoms with Gasteiger partial charge in [0.25, 0.3) is 5.69 Å². The summed E-state index contributed by atoms with van der Waals surface area (Å²) in [6, 6.07) is 20.4. The molecule has 0 aliphatic carbocycles. The van der Waals surface area contributed by atoms with Gasteiger partial charge in [0.05, 0.1) is 9.82 Å². The Bertz CT molecular complexity index is 1120. The van der Waals surface area contributed by atoms with Crippen molar-refractivity contribution in [3.05, 3.63) is 105 Å². The Balaban J connectivity index is 1.78. The summed E-state index contributed by atoms with van der Waals surface area (Å²) in [4.78, 5) is 25.2. The molecule has 0 N–H and O–H groups in total. The molecule has 0 bridgehead atoms. The lowest BCUT2D eigenvalue weighted by Gasteiger charge is -2.18. The van der Waals surface area contributed by atoms with Crippen LogP contribution < -0.4 is 0 Å². The number of carbonyl (C=O) groups excluding carboxylic acids is 1. The second-order valence-corrected chi connectivity index (χ2v) is 9.54. The molecule has 4 nitrogen and oxygen atoms in total. The quantitative estimate of drug-likeness (QED) is 0.178. The van der Waals surface area contributed by atoms with Gasteiger partial charge in [-0.15, -0.1) is 0 Å². The molecule has 0 unspecified atom stereocenters. The minimum absolute atomic E-state index is 0.0225. The van der Waals surface area contributed by atoms with Gasteiger partial charge in [-0.05, 0) is 47.7 Å². The third kappa shape index (κ3) is 5.92. The van der Waals surface area contributed by atoms with Gasteiger partial charge in [-0.25, -0.2) is 0 Å².